The van der Waals surface area contributed by atoms with Crippen LogP contribution in [0.5, 0.6) is 5.75 Å². The van der Waals surface area contributed by atoms with Gasteiger partial charge in [-0.15, -0.1) is 0 Å². The zero-order valence-corrected chi connectivity index (χ0v) is 13.6. The van der Waals surface area contributed by atoms with Gasteiger partial charge in [0.2, 0.25) is 5.91 Å². The molecule has 0 saturated carbocycles. The third-order valence-corrected chi connectivity index (χ3v) is 3.41. The van der Waals surface area contributed by atoms with Gasteiger partial charge >= 0.3 is 0 Å². The molecule has 1 aromatic heterocycles. The molecule has 2 rings (SSSR count). The van der Waals surface area contributed by atoms with E-state index in [1.54, 1.807) is 0 Å². The fourth-order valence-corrected chi connectivity index (χ4v) is 2.32. The Kier molecular flexibility index (Phi) is 5.20. The number of carbonyl (C=O) groups excluding carboxylic acids is 1. The normalized spacial score (nSPS) is 10.8. The van der Waals surface area contributed by atoms with Crippen molar-refractivity contribution in [2.24, 2.45) is 0 Å². The molecule has 1 amide bonds. The Morgan fingerprint density at radius 2 is 2.05 bits per heavy atom. The number of para-hydroxylation sites is 2. The van der Waals surface area contributed by atoms with Crippen LogP contribution in [0.25, 0.3) is 0 Å². The second kappa shape index (κ2) is 7.11. The number of aryl methyl sites for hydroxylation is 2. The van der Waals surface area contributed by atoms with Crippen LogP contribution in [0.15, 0.2) is 24.3 Å². The molecule has 0 unspecified atom stereocenters. The van der Waals surface area contributed by atoms with Gasteiger partial charge in [0.1, 0.15) is 5.75 Å². The van der Waals surface area contributed by atoms with E-state index in [2.05, 4.69) is 15.5 Å². The molecule has 0 aliphatic rings. The first-order chi connectivity index (χ1) is 10.5. The minimum atomic E-state index is -0.0280. The molecular formula is C17H23N3O2. The SMILES string of the molecule is Cc1n[nH]c(C)c1CCC(=O)Nc1ccccc1OC(C)C. The van der Waals surface area contributed by atoms with Crippen LogP contribution < -0.4 is 10.1 Å². The molecule has 0 saturated heterocycles. The largest absolute Gasteiger partial charge is 0.489 e. The van der Waals surface area contributed by atoms with Crippen LogP contribution in [0.3, 0.4) is 0 Å². The van der Waals surface area contributed by atoms with Gasteiger partial charge in [-0.05, 0) is 51.8 Å². The van der Waals surface area contributed by atoms with Gasteiger partial charge in [-0.25, -0.2) is 0 Å². The van der Waals surface area contributed by atoms with Gasteiger partial charge < -0.3 is 10.1 Å². The molecule has 5 heteroatoms. The van der Waals surface area contributed by atoms with Crippen LogP contribution >= 0.6 is 0 Å². The third kappa shape index (κ3) is 4.10. The molecule has 2 N–H and O–H groups in total. The van der Waals surface area contributed by atoms with Crippen molar-refractivity contribution in [2.45, 2.75) is 46.6 Å². The van der Waals surface area contributed by atoms with Gasteiger partial charge in [-0.1, -0.05) is 12.1 Å². The highest BCUT2D eigenvalue weighted by atomic mass is 16.5. The highest BCUT2D eigenvalue weighted by Gasteiger charge is 2.11. The minimum Gasteiger partial charge on any atom is -0.489 e. The molecule has 0 radical (unpaired) electrons. The molecule has 1 aromatic carbocycles. The maximum Gasteiger partial charge on any atom is 0.224 e. The minimum absolute atomic E-state index is 0.0280. The van der Waals surface area contributed by atoms with Gasteiger partial charge in [0.25, 0.3) is 0 Å². The number of benzene rings is 1. The van der Waals surface area contributed by atoms with E-state index >= 15 is 0 Å². The van der Waals surface area contributed by atoms with Gasteiger partial charge in [0, 0.05) is 12.1 Å². The fourth-order valence-electron chi connectivity index (χ4n) is 2.32. The number of rotatable bonds is 6. The average molecular weight is 301 g/mol. The van der Waals surface area contributed by atoms with E-state index in [1.807, 2.05) is 52.0 Å². The van der Waals surface area contributed by atoms with Crippen molar-refractivity contribution in [3.63, 3.8) is 0 Å². The van der Waals surface area contributed by atoms with Gasteiger partial charge in [0.05, 0.1) is 17.5 Å². The number of hydrogen-bond donors (Lipinski definition) is 2. The summed E-state index contributed by atoms with van der Waals surface area (Å²) in [6.07, 6.45) is 1.15. The maximum atomic E-state index is 12.2. The molecule has 0 fully saturated rings. The average Bonchev–Trinajstić information content (AvgIpc) is 2.77. The van der Waals surface area contributed by atoms with Gasteiger partial charge in [-0.2, -0.15) is 5.10 Å². The highest BCUT2D eigenvalue weighted by molar-refractivity contribution is 5.92. The van der Waals surface area contributed by atoms with Crippen molar-refractivity contribution >= 4 is 11.6 Å². The van der Waals surface area contributed by atoms with E-state index in [-0.39, 0.29) is 12.0 Å². The highest BCUT2D eigenvalue weighted by Crippen LogP contribution is 2.25. The quantitative estimate of drug-likeness (QED) is 0.859. The third-order valence-electron chi connectivity index (χ3n) is 3.41. The Morgan fingerprint density at radius 1 is 1.32 bits per heavy atom. The molecule has 0 aliphatic carbocycles. The van der Waals surface area contributed by atoms with Gasteiger partial charge in [0.15, 0.2) is 0 Å². The van der Waals surface area contributed by atoms with Crippen molar-refractivity contribution < 1.29 is 9.53 Å². The van der Waals surface area contributed by atoms with Crippen molar-refractivity contribution in [1.29, 1.82) is 0 Å². The van der Waals surface area contributed by atoms with Crippen LogP contribution in [0.1, 0.15) is 37.2 Å². The summed E-state index contributed by atoms with van der Waals surface area (Å²) in [5.74, 6) is 0.668. The molecule has 0 aliphatic heterocycles. The molecule has 0 spiro atoms. The Balaban J connectivity index is 1.98. The van der Waals surface area contributed by atoms with Crippen LogP contribution in [-0.2, 0) is 11.2 Å². The number of nitrogens with zero attached hydrogens (tertiary/aromatic N) is 1. The topological polar surface area (TPSA) is 67.0 Å². The lowest BCUT2D eigenvalue weighted by atomic mass is 10.1. The van der Waals surface area contributed by atoms with Crippen molar-refractivity contribution in [2.75, 3.05) is 5.32 Å². The number of anilines is 1. The summed E-state index contributed by atoms with van der Waals surface area (Å²) in [7, 11) is 0. The molecule has 1 heterocycles. The lowest BCUT2D eigenvalue weighted by molar-refractivity contribution is -0.116. The van der Waals surface area contributed by atoms with Crippen LogP contribution in [-0.4, -0.2) is 22.2 Å². The molecule has 2 aromatic rings. The lowest BCUT2D eigenvalue weighted by Gasteiger charge is -2.14. The maximum absolute atomic E-state index is 12.2. The summed E-state index contributed by atoms with van der Waals surface area (Å²) in [6.45, 7) is 7.84. The predicted octanol–water partition coefficient (Wildman–Crippen LogP) is 3.39. The summed E-state index contributed by atoms with van der Waals surface area (Å²) >= 11 is 0. The number of H-pyrrole nitrogens is 1. The Hall–Kier alpha value is -2.30. The summed E-state index contributed by atoms with van der Waals surface area (Å²) in [4.78, 5) is 12.2. The standard InChI is InChI=1S/C17H23N3O2/c1-11(2)22-16-8-6-5-7-15(16)18-17(21)10-9-14-12(3)19-20-13(14)4/h5-8,11H,9-10H2,1-4H3,(H,18,21)(H,19,20). The predicted molar refractivity (Wildman–Crippen MR) is 87.2 cm³/mol. The lowest BCUT2D eigenvalue weighted by Crippen LogP contribution is -2.15. The molecule has 0 atom stereocenters. The number of ether oxygens (including phenoxy) is 1. The Bertz CT molecular complexity index is 628. The first kappa shape index (κ1) is 16.1. The Morgan fingerprint density at radius 3 is 2.68 bits per heavy atom. The first-order valence-electron chi connectivity index (χ1n) is 7.53. The van der Waals surface area contributed by atoms with Gasteiger partial charge in [-0.3, -0.25) is 9.89 Å². The molecule has 0 bridgehead atoms. The first-order valence-corrected chi connectivity index (χ1v) is 7.53. The molecule has 22 heavy (non-hydrogen) atoms. The van der Waals surface area contributed by atoms with E-state index in [9.17, 15) is 4.79 Å². The zero-order valence-electron chi connectivity index (χ0n) is 13.6. The number of carbonyl (C=O) groups is 1. The van der Waals surface area contributed by atoms with Crippen molar-refractivity contribution in [3.8, 4) is 5.75 Å². The number of nitrogens with one attached hydrogen (secondary N) is 2. The van der Waals surface area contributed by atoms with Crippen molar-refractivity contribution in [1.82, 2.24) is 10.2 Å². The van der Waals surface area contributed by atoms with Crippen molar-refractivity contribution in [3.05, 3.63) is 41.2 Å². The van der Waals surface area contributed by atoms with E-state index in [0.29, 0.717) is 24.3 Å². The zero-order chi connectivity index (χ0) is 16.1. The summed E-state index contributed by atoms with van der Waals surface area (Å²) in [5, 5.41) is 10.0. The molecule has 118 valence electrons. The van der Waals surface area contributed by atoms with E-state index in [4.69, 9.17) is 4.74 Å². The molecule has 5 nitrogen and oxygen atoms in total. The van der Waals surface area contributed by atoms with E-state index in [0.717, 1.165) is 17.0 Å². The number of aromatic amines is 1. The van der Waals surface area contributed by atoms with Crippen LogP contribution in [0.2, 0.25) is 0 Å². The second-order valence-corrected chi connectivity index (χ2v) is 5.62. The van der Waals surface area contributed by atoms with E-state index in [1.165, 1.54) is 0 Å². The monoisotopic (exact) mass is 301 g/mol. The molecular weight excluding hydrogens is 278 g/mol. The smallest absolute Gasteiger partial charge is 0.224 e. The number of amides is 1. The van der Waals surface area contributed by atoms with E-state index < -0.39 is 0 Å². The fraction of sp³-hybridized carbons (Fsp3) is 0.412. The second-order valence-electron chi connectivity index (χ2n) is 5.62. The van der Waals surface area contributed by atoms with Crippen LogP contribution in [0, 0.1) is 13.8 Å². The number of hydrogen-bond acceptors (Lipinski definition) is 3. The summed E-state index contributed by atoms with van der Waals surface area (Å²) < 4.78 is 5.71. The Labute approximate surface area is 131 Å². The summed E-state index contributed by atoms with van der Waals surface area (Å²) in [6, 6.07) is 7.49. The summed E-state index contributed by atoms with van der Waals surface area (Å²) in [5.41, 5.74) is 3.80. The van der Waals surface area contributed by atoms with Crippen LogP contribution in [0.4, 0.5) is 5.69 Å². The number of aromatic nitrogens is 2.